The Bertz CT molecular complexity index is 590. The van der Waals surface area contributed by atoms with E-state index in [4.69, 9.17) is 16.3 Å². The molecule has 2 rings (SSSR count). The number of benzene rings is 1. The van der Waals surface area contributed by atoms with E-state index in [9.17, 15) is 14.7 Å². The van der Waals surface area contributed by atoms with Gasteiger partial charge in [-0.05, 0) is 36.5 Å². The lowest BCUT2D eigenvalue weighted by Crippen LogP contribution is -2.45. The first-order chi connectivity index (χ1) is 10.9. The van der Waals surface area contributed by atoms with E-state index < -0.39 is 5.97 Å². The topological polar surface area (TPSA) is 75.6 Å². The average Bonchev–Trinajstić information content (AvgIpc) is 2.49. The molecule has 0 radical (unpaired) electrons. The van der Waals surface area contributed by atoms with Crippen molar-refractivity contribution in [3.05, 3.63) is 28.8 Å². The van der Waals surface area contributed by atoms with E-state index in [-0.39, 0.29) is 29.9 Å². The molecular weight excluding hydrogens is 318 g/mol. The molecule has 0 heterocycles. The highest BCUT2D eigenvalue weighted by Gasteiger charge is 2.28. The van der Waals surface area contributed by atoms with Gasteiger partial charge in [0.25, 0.3) is 5.91 Å². The van der Waals surface area contributed by atoms with E-state index in [1.165, 1.54) is 24.6 Å². The third kappa shape index (κ3) is 4.61. The van der Waals surface area contributed by atoms with Crippen molar-refractivity contribution in [2.45, 2.75) is 39.2 Å². The van der Waals surface area contributed by atoms with Crippen molar-refractivity contribution < 1.29 is 19.4 Å². The van der Waals surface area contributed by atoms with Crippen molar-refractivity contribution in [3.8, 4) is 5.75 Å². The van der Waals surface area contributed by atoms with Crippen molar-refractivity contribution >= 4 is 23.5 Å². The van der Waals surface area contributed by atoms with E-state index in [1.807, 2.05) is 0 Å². The van der Waals surface area contributed by atoms with Crippen molar-refractivity contribution in [1.29, 1.82) is 0 Å². The number of esters is 1. The molecule has 1 aromatic carbocycles. The third-order valence-corrected chi connectivity index (χ3v) is 4.80. The van der Waals surface area contributed by atoms with Gasteiger partial charge in [-0.25, -0.2) is 4.79 Å². The normalized spacial score (nSPS) is 24.0. The highest BCUT2D eigenvalue weighted by Crippen LogP contribution is 2.29. The molecular formula is C17H22ClNO4. The highest BCUT2D eigenvalue weighted by molar-refractivity contribution is 6.30. The molecule has 1 aliphatic carbocycles. The minimum absolute atomic E-state index is 0.0122. The summed E-state index contributed by atoms with van der Waals surface area (Å²) in [5, 5.41) is 12.9. The molecule has 126 valence electrons. The highest BCUT2D eigenvalue weighted by atomic mass is 35.5. The number of rotatable bonds is 4. The van der Waals surface area contributed by atoms with Crippen LogP contribution >= 0.6 is 11.6 Å². The summed E-state index contributed by atoms with van der Waals surface area (Å²) >= 11 is 5.71. The molecule has 0 saturated heterocycles. The number of aromatic hydroxyl groups is 1. The zero-order valence-electron chi connectivity index (χ0n) is 13.3. The molecule has 0 aromatic heterocycles. The van der Waals surface area contributed by atoms with Gasteiger partial charge in [-0.1, -0.05) is 38.3 Å². The van der Waals surface area contributed by atoms with Crippen LogP contribution < -0.4 is 5.32 Å². The Morgan fingerprint density at radius 2 is 2.09 bits per heavy atom. The van der Waals surface area contributed by atoms with Gasteiger partial charge in [0.15, 0.2) is 6.61 Å². The maximum Gasteiger partial charge on any atom is 0.342 e. The number of carbonyl (C=O) groups excluding carboxylic acids is 2. The Kier molecular flexibility index (Phi) is 5.88. The standard InChI is InChI=1S/C17H22ClNO4/c1-10-4-3-5-14(11(10)2)19-16(21)9-23-17(22)13-7-6-12(18)8-15(13)20/h6-8,10-11,14,20H,3-5,9H2,1-2H3,(H,19,21)/t10-,11+,14-/m1/s1. The molecule has 1 aliphatic rings. The van der Waals surface area contributed by atoms with Gasteiger partial charge in [-0.15, -0.1) is 0 Å². The van der Waals surface area contributed by atoms with Gasteiger partial charge < -0.3 is 15.2 Å². The van der Waals surface area contributed by atoms with Gasteiger partial charge in [-0.3, -0.25) is 4.79 Å². The number of halogens is 1. The van der Waals surface area contributed by atoms with Gasteiger partial charge in [0.2, 0.25) is 0 Å². The molecule has 0 aliphatic heterocycles. The van der Waals surface area contributed by atoms with Crippen LogP contribution in [0.25, 0.3) is 0 Å². The van der Waals surface area contributed by atoms with Crippen LogP contribution in [0.3, 0.4) is 0 Å². The van der Waals surface area contributed by atoms with Gasteiger partial charge in [0, 0.05) is 11.1 Å². The van der Waals surface area contributed by atoms with Gasteiger partial charge in [-0.2, -0.15) is 0 Å². The SMILES string of the molecule is C[C@H]1[C@H](C)CCC[C@H]1NC(=O)COC(=O)c1ccc(Cl)cc1O. The minimum Gasteiger partial charge on any atom is -0.507 e. The fraction of sp³-hybridized carbons (Fsp3) is 0.529. The molecule has 5 nitrogen and oxygen atoms in total. The molecule has 0 bridgehead atoms. The summed E-state index contributed by atoms with van der Waals surface area (Å²) in [6.07, 6.45) is 3.22. The minimum atomic E-state index is -0.751. The summed E-state index contributed by atoms with van der Waals surface area (Å²) in [6.45, 7) is 3.96. The van der Waals surface area contributed by atoms with Crippen molar-refractivity contribution in [3.63, 3.8) is 0 Å². The largest absolute Gasteiger partial charge is 0.507 e. The second-order valence-electron chi connectivity index (χ2n) is 6.18. The first kappa shape index (κ1) is 17.6. The van der Waals surface area contributed by atoms with Crippen LogP contribution in [0.4, 0.5) is 0 Å². The van der Waals surface area contributed by atoms with Crippen LogP contribution in [0.2, 0.25) is 5.02 Å². The molecule has 0 unspecified atom stereocenters. The fourth-order valence-corrected chi connectivity index (χ4v) is 3.09. The van der Waals surface area contributed by atoms with Crippen LogP contribution in [0.1, 0.15) is 43.5 Å². The Morgan fingerprint density at radius 3 is 2.78 bits per heavy atom. The quantitative estimate of drug-likeness (QED) is 0.826. The summed E-state index contributed by atoms with van der Waals surface area (Å²) in [4.78, 5) is 23.9. The summed E-state index contributed by atoms with van der Waals surface area (Å²) < 4.78 is 4.96. The number of hydrogen-bond donors (Lipinski definition) is 2. The number of amides is 1. The number of phenolic OH excluding ortho intramolecular Hbond substituents is 1. The van der Waals surface area contributed by atoms with Gasteiger partial charge in [0.05, 0.1) is 0 Å². The Labute approximate surface area is 141 Å². The summed E-state index contributed by atoms with van der Waals surface area (Å²) in [5.41, 5.74) is -0.0122. The van der Waals surface area contributed by atoms with E-state index in [1.54, 1.807) is 0 Å². The zero-order chi connectivity index (χ0) is 17.0. The number of hydrogen-bond acceptors (Lipinski definition) is 4. The Hall–Kier alpha value is -1.75. The van der Waals surface area contributed by atoms with E-state index in [0.29, 0.717) is 16.9 Å². The van der Waals surface area contributed by atoms with Crippen LogP contribution in [0, 0.1) is 11.8 Å². The van der Waals surface area contributed by atoms with Crippen LogP contribution in [-0.2, 0) is 9.53 Å². The predicted molar refractivity (Wildman–Crippen MR) is 87.5 cm³/mol. The third-order valence-electron chi connectivity index (χ3n) is 4.57. The van der Waals surface area contributed by atoms with E-state index >= 15 is 0 Å². The molecule has 1 amide bonds. The van der Waals surface area contributed by atoms with Crippen LogP contribution in [0.5, 0.6) is 5.75 Å². The van der Waals surface area contributed by atoms with Crippen LogP contribution in [-0.4, -0.2) is 29.6 Å². The molecule has 2 N–H and O–H groups in total. The maximum absolute atomic E-state index is 12.0. The summed E-state index contributed by atoms with van der Waals surface area (Å²) in [7, 11) is 0. The van der Waals surface area contributed by atoms with Gasteiger partial charge in [0.1, 0.15) is 11.3 Å². The van der Waals surface area contributed by atoms with Gasteiger partial charge >= 0.3 is 5.97 Å². The Balaban J connectivity index is 1.85. The lowest BCUT2D eigenvalue weighted by molar-refractivity contribution is -0.125. The zero-order valence-corrected chi connectivity index (χ0v) is 14.1. The van der Waals surface area contributed by atoms with Crippen molar-refractivity contribution in [2.75, 3.05) is 6.61 Å². The molecule has 1 fully saturated rings. The summed E-state index contributed by atoms with van der Waals surface area (Å²) in [6, 6.07) is 4.21. The fourth-order valence-electron chi connectivity index (χ4n) is 2.92. The van der Waals surface area contributed by atoms with E-state index in [2.05, 4.69) is 19.2 Å². The second-order valence-corrected chi connectivity index (χ2v) is 6.62. The predicted octanol–water partition coefficient (Wildman–Crippen LogP) is 3.14. The Morgan fingerprint density at radius 1 is 1.35 bits per heavy atom. The summed E-state index contributed by atoms with van der Waals surface area (Å²) in [5.74, 6) is -0.360. The lowest BCUT2D eigenvalue weighted by Gasteiger charge is -2.34. The second kappa shape index (κ2) is 7.68. The molecule has 1 aromatic rings. The molecule has 6 heteroatoms. The molecule has 1 saturated carbocycles. The number of phenols is 1. The van der Waals surface area contributed by atoms with Crippen LogP contribution in [0.15, 0.2) is 18.2 Å². The molecule has 3 atom stereocenters. The monoisotopic (exact) mass is 339 g/mol. The lowest BCUT2D eigenvalue weighted by atomic mass is 9.78. The number of carbonyl (C=O) groups is 2. The molecule has 0 spiro atoms. The maximum atomic E-state index is 12.0. The average molecular weight is 340 g/mol. The first-order valence-corrected chi connectivity index (χ1v) is 8.21. The molecule has 23 heavy (non-hydrogen) atoms. The van der Waals surface area contributed by atoms with E-state index in [0.717, 1.165) is 12.8 Å². The number of ether oxygens (including phenoxy) is 1. The smallest absolute Gasteiger partial charge is 0.342 e. The number of nitrogens with one attached hydrogen (secondary N) is 1. The first-order valence-electron chi connectivity index (χ1n) is 7.83. The van der Waals surface area contributed by atoms with Crippen molar-refractivity contribution in [1.82, 2.24) is 5.32 Å². The van der Waals surface area contributed by atoms with Crippen molar-refractivity contribution in [2.24, 2.45) is 11.8 Å².